The predicted octanol–water partition coefficient (Wildman–Crippen LogP) is 2.13. The molecule has 0 spiro atoms. The van der Waals surface area contributed by atoms with Gasteiger partial charge < -0.3 is 4.74 Å². The molecule has 0 fully saturated rings. The molecule has 0 saturated heterocycles. The minimum Gasteiger partial charge on any atom is -0.494 e. The molecule has 3 N–H and O–H groups in total. The molecule has 5 nitrogen and oxygen atoms in total. The van der Waals surface area contributed by atoms with E-state index in [-0.39, 0.29) is 6.04 Å². The SMILES string of the molecule is CCOc1cccc(C(NN)c2c(Br)cnn2C)c1. The normalized spacial score (nSPS) is 12.4. The summed E-state index contributed by atoms with van der Waals surface area (Å²) in [7, 11) is 1.89. The number of hydrazine groups is 1. The first-order chi connectivity index (χ1) is 9.17. The highest BCUT2D eigenvalue weighted by Crippen LogP contribution is 2.29. The number of ether oxygens (including phenoxy) is 1. The van der Waals surface area contributed by atoms with Crippen molar-refractivity contribution in [2.24, 2.45) is 12.9 Å². The zero-order valence-electron chi connectivity index (χ0n) is 10.9. The zero-order chi connectivity index (χ0) is 13.8. The van der Waals surface area contributed by atoms with Gasteiger partial charge in [0.25, 0.3) is 0 Å². The number of rotatable bonds is 5. The fraction of sp³-hybridized carbons (Fsp3) is 0.308. The van der Waals surface area contributed by atoms with Gasteiger partial charge in [0.05, 0.1) is 29.0 Å². The van der Waals surface area contributed by atoms with Crippen molar-refractivity contribution >= 4 is 15.9 Å². The van der Waals surface area contributed by atoms with Crippen LogP contribution in [0.1, 0.15) is 24.2 Å². The van der Waals surface area contributed by atoms with E-state index >= 15 is 0 Å². The Morgan fingerprint density at radius 2 is 2.32 bits per heavy atom. The molecule has 19 heavy (non-hydrogen) atoms. The molecule has 0 amide bonds. The van der Waals surface area contributed by atoms with Crippen LogP contribution in [0.4, 0.5) is 0 Å². The molecule has 1 aromatic carbocycles. The first kappa shape index (κ1) is 14.0. The summed E-state index contributed by atoms with van der Waals surface area (Å²) < 4.78 is 8.23. The van der Waals surface area contributed by atoms with Gasteiger partial charge >= 0.3 is 0 Å². The lowest BCUT2D eigenvalue weighted by Crippen LogP contribution is -2.30. The summed E-state index contributed by atoms with van der Waals surface area (Å²) in [5.74, 6) is 6.54. The average Bonchev–Trinajstić information content (AvgIpc) is 2.73. The number of nitrogens with zero attached hydrogens (tertiary/aromatic N) is 2. The number of aryl methyl sites for hydroxylation is 1. The summed E-state index contributed by atoms with van der Waals surface area (Å²) in [6, 6.07) is 7.72. The molecular formula is C13H17BrN4O. The van der Waals surface area contributed by atoms with Gasteiger partial charge in [-0.25, -0.2) is 5.43 Å². The second-order valence-corrected chi connectivity index (χ2v) is 4.96. The molecule has 1 atom stereocenters. The Hall–Kier alpha value is -1.37. The molecule has 0 aliphatic heterocycles. The maximum Gasteiger partial charge on any atom is 0.119 e. The van der Waals surface area contributed by atoms with Crippen LogP contribution in [-0.4, -0.2) is 16.4 Å². The van der Waals surface area contributed by atoms with Crippen LogP contribution >= 0.6 is 15.9 Å². The summed E-state index contributed by atoms with van der Waals surface area (Å²) in [6.45, 7) is 2.60. The van der Waals surface area contributed by atoms with Crippen molar-refractivity contribution in [1.82, 2.24) is 15.2 Å². The summed E-state index contributed by atoms with van der Waals surface area (Å²) in [4.78, 5) is 0. The van der Waals surface area contributed by atoms with Crippen LogP contribution in [0.25, 0.3) is 0 Å². The Kier molecular flexibility index (Phi) is 4.57. The zero-order valence-corrected chi connectivity index (χ0v) is 12.5. The third-order valence-electron chi connectivity index (χ3n) is 2.88. The molecule has 1 aromatic heterocycles. The first-order valence-electron chi connectivity index (χ1n) is 6.03. The van der Waals surface area contributed by atoms with E-state index in [9.17, 15) is 0 Å². The quantitative estimate of drug-likeness (QED) is 0.653. The van der Waals surface area contributed by atoms with Gasteiger partial charge in [-0.2, -0.15) is 5.10 Å². The number of nitrogens with two attached hydrogens (primary N) is 1. The largest absolute Gasteiger partial charge is 0.494 e. The third kappa shape index (κ3) is 2.97. The lowest BCUT2D eigenvalue weighted by molar-refractivity contribution is 0.339. The van der Waals surface area contributed by atoms with Crippen LogP contribution in [0.5, 0.6) is 5.75 Å². The number of aromatic nitrogens is 2. The summed E-state index contributed by atoms with van der Waals surface area (Å²) in [6.07, 6.45) is 1.76. The summed E-state index contributed by atoms with van der Waals surface area (Å²) >= 11 is 3.49. The number of nitrogens with one attached hydrogen (secondary N) is 1. The molecule has 2 aromatic rings. The minimum absolute atomic E-state index is 0.151. The number of halogens is 1. The molecule has 102 valence electrons. The van der Waals surface area contributed by atoms with Crippen LogP contribution in [-0.2, 0) is 7.05 Å². The van der Waals surface area contributed by atoms with E-state index in [1.165, 1.54) is 0 Å². The molecule has 0 aliphatic rings. The Labute approximate surface area is 120 Å². The smallest absolute Gasteiger partial charge is 0.119 e. The Morgan fingerprint density at radius 3 is 2.89 bits per heavy atom. The van der Waals surface area contributed by atoms with E-state index in [1.807, 2.05) is 38.2 Å². The summed E-state index contributed by atoms with van der Waals surface area (Å²) in [5, 5.41) is 4.21. The Balaban J connectivity index is 2.39. The third-order valence-corrected chi connectivity index (χ3v) is 3.49. The van der Waals surface area contributed by atoms with Crippen molar-refractivity contribution in [3.8, 4) is 5.75 Å². The monoisotopic (exact) mass is 324 g/mol. The van der Waals surface area contributed by atoms with Gasteiger partial charge in [0, 0.05) is 7.05 Å². The van der Waals surface area contributed by atoms with Gasteiger partial charge in [-0.15, -0.1) is 0 Å². The van der Waals surface area contributed by atoms with Crippen molar-refractivity contribution in [3.63, 3.8) is 0 Å². The van der Waals surface area contributed by atoms with E-state index < -0.39 is 0 Å². The van der Waals surface area contributed by atoms with Crippen LogP contribution < -0.4 is 16.0 Å². The first-order valence-corrected chi connectivity index (χ1v) is 6.83. The summed E-state index contributed by atoms with van der Waals surface area (Å²) in [5.41, 5.74) is 4.82. The second-order valence-electron chi connectivity index (χ2n) is 4.11. The molecule has 0 radical (unpaired) electrons. The van der Waals surface area contributed by atoms with Gasteiger partial charge in [0.2, 0.25) is 0 Å². The molecule has 6 heteroatoms. The van der Waals surface area contributed by atoms with Crippen molar-refractivity contribution in [3.05, 3.63) is 46.2 Å². The number of benzene rings is 1. The highest BCUT2D eigenvalue weighted by molar-refractivity contribution is 9.10. The lowest BCUT2D eigenvalue weighted by Gasteiger charge is -2.18. The highest BCUT2D eigenvalue weighted by Gasteiger charge is 2.19. The maximum absolute atomic E-state index is 5.71. The number of hydrogen-bond acceptors (Lipinski definition) is 4. The van der Waals surface area contributed by atoms with Crippen LogP contribution in [0.15, 0.2) is 34.9 Å². The second kappa shape index (κ2) is 6.18. The van der Waals surface area contributed by atoms with E-state index in [1.54, 1.807) is 10.9 Å². The van der Waals surface area contributed by atoms with E-state index in [4.69, 9.17) is 10.6 Å². The van der Waals surface area contributed by atoms with Gasteiger partial charge in [-0.05, 0) is 40.5 Å². The van der Waals surface area contributed by atoms with Crippen molar-refractivity contribution in [2.75, 3.05) is 6.61 Å². The number of hydrogen-bond donors (Lipinski definition) is 2. The molecule has 1 unspecified atom stereocenters. The molecule has 2 rings (SSSR count). The maximum atomic E-state index is 5.71. The van der Waals surface area contributed by atoms with Gasteiger partial charge in [0.1, 0.15) is 5.75 Å². The van der Waals surface area contributed by atoms with Crippen molar-refractivity contribution in [1.29, 1.82) is 0 Å². The van der Waals surface area contributed by atoms with Crippen LogP contribution in [0.2, 0.25) is 0 Å². The molecule has 1 heterocycles. The molecular weight excluding hydrogens is 308 g/mol. The fourth-order valence-corrected chi connectivity index (χ4v) is 2.61. The standard InChI is InChI=1S/C13H17BrN4O/c1-3-19-10-6-4-5-9(7-10)12(17-15)13-11(14)8-16-18(13)2/h4-8,12,17H,3,15H2,1-2H3. The van der Waals surface area contributed by atoms with E-state index in [0.717, 1.165) is 21.5 Å². The lowest BCUT2D eigenvalue weighted by atomic mass is 10.0. The van der Waals surface area contributed by atoms with Crippen molar-refractivity contribution < 1.29 is 4.74 Å². The van der Waals surface area contributed by atoms with Gasteiger partial charge in [0.15, 0.2) is 0 Å². The molecule has 0 aliphatic carbocycles. The van der Waals surface area contributed by atoms with Gasteiger partial charge in [-0.3, -0.25) is 10.5 Å². The van der Waals surface area contributed by atoms with E-state index in [2.05, 4.69) is 26.5 Å². The van der Waals surface area contributed by atoms with Crippen LogP contribution in [0.3, 0.4) is 0 Å². The predicted molar refractivity (Wildman–Crippen MR) is 77.7 cm³/mol. The van der Waals surface area contributed by atoms with E-state index in [0.29, 0.717) is 6.61 Å². The average molecular weight is 325 g/mol. The Bertz CT molecular complexity index is 536. The molecule has 0 bridgehead atoms. The topological polar surface area (TPSA) is 65.1 Å². The molecule has 0 saturated carbocycles. The fourth-order valence-electron chi connectivity index (χ4n) is 2.03. The van der Waals surface area contributed by atoms with Crippen LogP contribution in [0, 0.1) is 0 Å². The minimum atomic E-state index is -0.151. The highest BCUT2D eigenvalue weighted by atomic mass is 79.9. The van der Waals surface area contributed by atoms with Gasteiger partial charge in [-0.1, -0.05) is 12.1 Å². The Morgan fingerprint density at radius 1 is 1.53 bits per heavy atom. The van der Waals surface area contributed by atoms with Crippen molar-refractivity contribution in [2.45, 2.75) is 13.0 Å².